The molecule has 0 radical (unpaired) electrons. The molecule has 14 heavy (non-hydrogen) atoms. The van der Waals surface area contributed by atoms with Gasteiger partial charge in [-0.2, -0.15) is 0 Å². The normalized spacial score (nSPS) is 21.1. The Labute approximate surface area is 93.7 Å². The number of carbonyl (C=O) groups is 1. The Morgan fingerprint density at radius 2 is 1.36 bits per heavy atom. The molecule has 0 amide bonds. The van der Waals surface area contributed by atoms with Gasteiger partial charge in [-0.1, -0.05) is 0 Å². The lowest BCUT2D eigenvalue weighted by atomic mass is 10.0. The van der Waals surface area contributed by atoms with E-state index in [1.165, 1.54) is 0 Å². The van der Waals surface area contributed by atoms with Crippen molar-refractivity contribution in [1.29, 1.82) is 0 Å². The van der Waals surface area contributed by atoms with Gasteiger partial charge >= 0.3 is 0 Å². The van der Waals surface area contributed by atoms with Crippen LogP contribution in [0, 0.1) is 0 Å². The fourth-order valence-corrected chi connectivity index (χ4v) is 2.53. The third-order valence-corrected chi connectivity index (χ3v) is 3.67. The molecule has 1 heterocycles. The SMILES string of the molecule is CC(C)[N+]1(C(C)C)CCC(=O)CC1.[Cl-]. The molecule has 0 aromatic carbocycles. The molecule has 0 aromatic rings. The quantitative estimate of drug-likeness (QED) is 0.544. The van der Waals surface area contributed by atoms with Crippen molar-refractivity contribution in [2.75, 3.05) is 13.1 Å². The number of likely N-dealkylation sites (tertiary alicyclic amines) is 1. The highest BCUT2D eigenvalue weighted by molar-refractivity contribution is 5.79. The van der Waals surface area contributed by atoms with Crippen molar-refractivity contribution in [2.24, 2.45) is 0 Å². The van der Waals surface area contributed by atoms with Gasteiger partial charge < -0.3 is 16.9 Å². The summed E-state index contributed by atoms with van der Waals surface area (Å²) in [6.07, 6.45) is 1.58. The largest absolute Gasteiger partial charge is 1.00 e. The van der Waals surface area contributed by atoms with Crippen molar-refractivity contribution < 1.29 is 21.7 Å². The number of hydrogen-bond acceptors (Lipinski definition) is 1. The summed E-state index contributed by atoms with van der Waals surface area (Å²) < 4.78 is 1.13. The Morgan fingerprint density at radius 1 is 1.00 bits per heavy atom. The maximum Gasteiger partial charge on any atom is 0.144 e. The molecule has 1 aliphatic rings. The van der Waals surface area contributed by atoms with Gasteiger partial charge in [0, 0.05) is 0 Å². The highest BCUT2D eigenvalue weighted by atomic mass is 35.5. The van der Waals surface area contributed by atoms with Crippen molar-refractivity contribution in [3.05, 3.63) is 0 Å². The zero-order valence-corrected chi connectivity index (χ0v) is 10.5. The summed E-state index contributed by atoms with van der Waals surface area (Å²) in [5.74, 6) is 0.454. The van der Waals surface area contributed by atoms with Crippen molar-refractivity contribution >= 4 is 5.78 Å². The molecule has 0 atom stereocenters. The van der Waals surface area contributed by atoms with Gasteiger partial charge in [0.1, 0.15) is 5.78 Å². The van der Waals surface area contributed by atoms with Crippen LogP contribution in [-0.2, 0) is 4.79 Å². The highest BCUT2D eigenvalue weighted by Crippen LogP contribution is 2.24. The van der Waals surface area contributed by atoms with Gasteiger partial charge in [-0.15, -0.1) is 0 Å². The van der Waals surface area contributed by atoms with Crippen molar-refractivity contribution in [1.82, 2.24) is 0 Å². The average molecular weight is 220 g/mol. The minimum absolute atomic E-state index is 0. The lowest BCUT2D eigenvalue weighted by molar-refractivity contribution is -0.967. The maximum absolute atomic E-state index is 11.2. The minimum atomic E-state index is 0. The van der Waals surface area contributed by atoms with Crippen molar-refractivity contribution in [2.45, 2.75) is 52.6 Å². The second kappa shape index (κ2) is 5.13. The molecular formula is C11H22ClNO. The minimum Gasteiger partial charge on any atom is -1.00 e. The lowest BCUT2D eigenvalue weighted by Gasteiger charge is -2.48. The maximum atomic E-state index is 11.2. The van der Waals surface area contributed by atoms with Crippen LogP contribution in [0.5, 0.6) is 0 Å². The summed E-state index contributed by atoms with van der Waals surface area (Å²) in [4.78, 5) is 11.2. The molecule has 2 nitrogen and oxygen atoms in total. The first-order chi connectivity index (χ1) is 5.99. The molecule has 1 saturated heterocycles. The van der Waals surface area contributed by atoms with Crippen LogP contribution in [0.1, 0.15) is 40.5 Å². The van der Waals surface area contributed by atoms with Crippen LogP contribution in [0.3, 0.4) is 0 Å². The van der Waals surface area contributed by atoms with Crippen LogP contribution in [0.15, 0.2) is 0 Å². The first-order valence-electron chi connectivity index (χ1n) is 5.37. The summed E-state index contributed by atoms with van der Waals surface area (Å²) in [5, 5.41) is 0. The molecular weight excluding hydrogens is 198 g/mol. The number of Topliss-reactive ketones (excluding diaryl/α,β-unsaturated/α-hetero) is 1. The summed E-state index contributed by atoms with van der Waals surface area (Å²) in [5.41, 5.74) is 0. The number of carbonyl (C=O) groups excluding carboxylic acids is 1. The van der Waals surface area contributed by atoms with E-state index in [9.17, 15) is 4.79 Å². The second-order valence-electron chi connectivity index (χ2n) is 4.78. The first kappa shape index (κ1) is 13.9. The Hall–Kier alpha value is -0.0800. The molecule has 1 aliphatic heterocycles. The van der Waals surface area contributed by atoms with Crippen LogP contribution < -0.4 is 12.4 Å². The van der Waals surface area contributed by atoms with E-state index in [-0.39, 0.29) is 12.4 Å². The van der Waals surface area contributed by atoms with Crippen molar-refractivity contribution in [3.8, 4) is 0 Å². The molecule has 0 spiro atoms. The highest BCUT2D eigenvalue weighted by Gasteiger charge is 2.38. The Kier molecular flexibility index (Phi) is 5.10. The van der Waals surface area contributed by atoms with Crippen LogP contribution in [0.2, 0.25) is 0 Å². The zero-order chi connectivity index (χ0) is 10.1. The number of quaternary nitrogens is 1. The van der Waals surface area contributed by atoms with E-state index in [1.54, 1.807) is 0 Å². The average Bonchev–Trinajstić information content (AvgIpc) is 2.04. The number of halogens is 1. The zero-order valence-electron chi connectivity index (χ0n) is 9.72. The van der Waals surface area contributed by atoms with E-state index in [0.717, 1.165) is 30.4 Å². The molecule has 0 aromatic heterocycles. The van der Waals surface area contributed by atoms with Crippen molar-refractivity contribution in [3.63, 3.8) is 0 Å². The van der Waals surface area contributed by atoms with Gasteiger partial charge in [-0.3, -0.25) is 4.79 Å². The van der Waals surface area contributed by atoms with Gasteiger partial charge in [-0.05, 0) is 27.7 Å². The number of piperidine rings is 1. The third-order valence-electron chi connectivity index (χ3n) is 3.67. The molecule has 0 aliphatic carbocycles. The summed E-state index contributed by atoms with van der Waals surface area (Å²) in [6.45, 7) is 11.2. The Balaban J connectivity index is 0.00000169. The molecule has 0 N–H and O–H groups in total. The Bertz CT molecular complexity index is 181. The van der Waals surface area contributed by atoms with Crippen LogP contribution in [0.25, 0.3) is 0 Å². The molecule has 1 rings (SSSR count). The summed E-state index contributed by atoms with van der Waals surface area (Å²) in [6, 6.07) is 1.29. The fourth-order valence-electron chi connectivity index (χ4n) is 2.53. The summed E-state index contributed by atoms with van der Waals surface area (Å²) >= 11 is 0. The van der Waals surface area contributed by atoms with E-state index in [4.69, 9.17) is 0 Å². The molecule has 1 fully saturated rings. The molecule has 0 bridgehead atoms. The molecule has 0 unspecified atom stereocenters. The molecule has 3 heteroatoms. The monoisotopic (exact) mass is 219 g/mol. The second-order valence-corrected chi connectivity index (χ2v) is 4.78. The standard InChI is InChI=1S/C11H22NO.ClH/c1-9(2)12(10(3)4)7-5-11(13)6-8-12;/h9-10H,5-8H2,1-4H3;1H/q+1;/p-1. The lowest BCUT2D eigenvalue weighted by Crippen LogP contribution is -3.00. The van der Waals surface area contributed by atoms with E-state index in [1.807, 2.05) is 0 Å². The van der Waals surface area contributed by atoms with E-state index in [0.29, 0.717) is 17.9 Å². The third kappa shape index (κ3) is 2.48. The number of ketones is 1. The van der Waals surface area contributed by atoms with E-state index < -0.39 is 0 Å². The predicted molar refractivity (Wildman–Crippen MR) is 54.5 cm³/mol. The van der Waals surface area contributed by atoms with Gasteiger partial charge in [0.25, 0.3) is 0 Å². The van der Waals surface area contributed by atoms with Crippen LogP contribution in [0.4, 0.5) is 0 Å². The van der Waals surface area contributed by atoms with Gasteiger partial charge in [0.2, 0.25) is 0 Å². The van der Waals surface area contributed by atoms with Gasteiger partial charge in [-0.25, -0.2) is 0 Å². The smallest absolute Gasteiger partial charge is 0.144 e. The Morgan fingerprint density at radius 3 is 1.64 bits per heavy atom. The topological polar surface area (TPSA) is 17.1 Å². The van der Waals surface area contributed by atoms with Crippen LogP contribution >= 0.6 is 0 Å². The number of rotatable bonds is 2. The number of nitrogens with zero attached hydrogens (tertiary/aromatic N) is 1. The first-order valence-corrected chi connectivity index (χ1v) is 5.37. The van der Waals surface area contributed by atoms with Crippen LogP contribution in [-0.4, -0.2) is 35.4 Å². The number of hydrogen-bond donors (Lipinski definition) is 0. The predicted octanol–water partition coefficient (Wildman–Crippen LogP) is -1.01. The van der Waals surface area contributed by atoms with Gasteiger partial charge in [0.15, 0.2) is 0 Å². The molecule has 0 saturated carbocycles. The van der Waals surface area contributed by atoms with E-state index >= 15 is 0 Å². The van der Waals surface area contributed by atoms with E-state index in [2.05, 4.69) is 27.7 Å². The van der Waals surface area contributed by atoms with Gasteiger partial charge in [0.05, 0.1) is 38.0 Å². The molecule has 84 valence electrons. The summed E-state index contributed by atoms with van der Waals surface area (Å²) in [7, 11) is 0. The fraction of sp³-hybridized carbons (Fsp3) is 0.909.